The molecule has 2 rings (SSSR count). The van der Waals surface area contributed by atoms with Crippen LogP contribution in [0.2, 0.25) is 5.02 Å². The van der Waals surface area contributed by atoms with E-state index in [4.69, 9.17) is 11.6 Å². The lowest BCUT2D eigenvalue weighted by Gasteiger charge is -2.36. The molecule has 1 aromatic rings. The molecular formula is C13H18ClFN2. The van der Waals surface area contributed by atoms with Crippen LogP contribution in [0.5, 0.6) is 0 Å². The fraction of sp³-hybridized carbons (Fsp3) is 0.538. The maximum Gasteiger partial charge on any atom is 0.141 e. The number of halogens is 2. The number of benzene rings is 1. The fourth-order valence-corrected chi connectivity index (χ4v) is 2.67. The summed E-state index contributed by atoms with van der Waals surface area (Å²) >= 11 is 5.78. The number of rotatable bonds is 2. The topological polar surface area (TPSA) is 15.3 Å². The molecule has 0 saturated carbocycles. The molecule has 1 N–H and O–H groups in total. The number of hydrogen-bond acceptors (Lipinski definition) is 2. The highest BCUT2D eigenvalue weighted by atomic mass is 35.5. The fourth-order valence-electron chi connectivity index (χ4n) is 2.47. The van der Waals surface area contributed by atoms with E-state index in [0.717, 1.165) is 25.2 Å². The van der Waals surface area contributed by atoms with E-state index >= 15 is 0 Å². The zero-order valence-electron chi connectivity index (χ0n) is 10.2. The van der Waals surface area contributed by atoms with Gasteiger partial charge in [0.05, 0.1) is 5.02 Å². The lowest BCUT2D eigenvalue weighted by molar-refractivity contribution is 0.166. The van der Waals surface area contributed by atoms with Crippen molar-refractivity contribution in [1.82, 2.24) is 10.2 Å². The summed E-state index contributed by atoms with van der Waals surface area (Å²) in [5, 5.41) is 3.69. The molecule has 2 atom stereocenters. The van der Waals surface area contributed by atoms with Gasteiger partial charge in [-0.3, -0.25) is 4.90 Å². The second kappa shape index (κ2) is 5.34. The van der Waals surface area contributed by atoms with Crippen molar-refractivity contribution in [2.24, 2.45) is 0 Å². The molecule has 0 spiro atoms. The van der Waals surface area contributed by atoms with Crippen molar-refractivity contribution in [1.29, 1.82) is 0 Å². The van der Waals surface area contributed by atoms with Crippen LogP contribution in [0.25, 0.3) is 0 Å². The van der Waals surface area contributed by atoms with E-state index in [-0.39, 0.29) is 10.8 Å². The molecular weight excluding hydrogens is 239 g/mol. The molecule has 0 aromatic heterocycles. The third-order valence-corrected chi connectivity index (χ3v) is 3.31. The van der Waals surface area contributed by atoms with Gasteiger partial charge in [-0.2, -0.15) is 0 Å². The van der Waals surface area contributed by atoms with Gasteiger partial charge in [0.25, 0.3) is 0 Å². The molecule has 1 aliphatic heterocycles. The van der Waals surface area contributed by atoms with Crippen LogP contribution in [-0.4, -0.2) is 30.1 Å². The van der Waals surface area contributed by atoms with Crippen LogP contribution in [0.4, 0.5) is 4.39 Å². The lowest BCUT2D eigenvalue weighted by Crippen LogP contribution is -2.53. The normalized spacial score (nSPS) is 26.1. The van der Waals surface area contributed by atoms with E-state index in [1.54, 1.807) is 12.1 Å². The maximum absolute atomic E-state index is 13.0. The van der Waals surface area contributed by atoms with Gasteiger partial charge in [0.1, 0.15) is 5.82 Å². The number of piperazine rings is 1. The summed E-state index contributed by atoms with van der Waals surface area (Å²) < 4.78 is 13.0. The van der Waals surface area contributed by atoms with Crippen molar-refractivity contribution >= 4 is 11.6 Å². The molecule has 2 nitrogen and oxygen atoms in total. The zero-order valence-corrected chi connectivity index (χ0v) is 11.0. The van der Waals surface area contributed by atoms with Gasteiger partial charge in [-0.05, 0) is 31.5 Å². The molecule has 1 saturated heterocycles. The minimum Gasteiger partial charge on any atom is -0.309 e. The quantitative estimate of drug-likeness (QED) is 0.875. The van der Waals surface area contributed by atoms with E-state index in [0.29, 0.717) is 12.1 Å². The van der Waals surface area contributed by atoms with E-state index in [1.165, 1.54) is 6.07 Å². The molecule has 0 radical (unpaired) electrons. The highest BCUT2D eigenvalue weighted by Crippen LogP contribution is 2.18. The van der Waals surface area contributed by atoms with E-state index in [1.807, 2.05) is 0 Å². The first-order chi connectivity index (χ1) is 8.04. The van der Waals surface area contributed by atoms with E-state index < -0.39 is 0 Å². The largest absolute Gasteiger partial charge is 0.309 e. The predicted octanol–water partition coefficient (Wildman–Crippen LogP) is 2.66. The van der Waals surface area contributed by atoms with Crippen molar-refractivity contribution in [3.05, 3.63) is 34.6 Å². The summed E-state index contributed by atoms with van der Waals surface area (Å²) in [6.45, 7) is 7.22. The molecule has 17 heavy (non-hydrogen) atoms. The van der Waals surface area contributed by atoms with Gasteiger partial charge >= 0.3 is 0 Å². The summed E-state index contributed by atoms with van der Waals surface area (Å²) in [6.07, 6.45) is 0. The van der Waals surface area contributed by atoms with Gasteiger partial charge in [0.2, 0.25) is 0 Å². The van der Waals surface area contributed by atoms with Gasteiger partial charge < -0.3 is 5.32 Å². The third kappa shape index (κ3) is 3.41. The van der Waals surface area contributed by atoms with E-state index in [2.05, 4.69) is 24.1 Å². The molecule has 1 aromatic carbocycles. The van der Waals surface area contributed by atoms with Crippen LogP contribution in [0.1, 0.15) is 19.4 Å². The monoisotopic (exact) mass is 256 g/mol. The Morgan fingerprint density at radius 3 is 2.59 bits per heavy atom. The lowest BCUT2D eigenvalue weighted by atomic mass is 10.1. The van der Waals surface area contributed by atoms with Crippen molar-refractivity contribution in [2.45, 2.75) is 32.5 Å². The van der Waals surface area contributed by atoms with E-state index in [9.17, 15) is 4.39 Å². The third-order valence-electron chi connectivity index (χ3n) is 3.02. The Morgan fingerprint density at radius 1 is 1.35 bits per heavy atom. The molecule has 94 valence electrons. The van der Waals surface area contributed by atoms with Crippen LogP contribution >= 0.6 is 11.6 Å². The predicted molar refractivity (Wildman–Crippen MR) is 68.7 cm³/mol. The summed E-state index contributed by atoms with van der Waals surface area (Å²) in [6, 6.07) is 5.95. The molecule has 4 heteroatoms. The average molecular weight is 257 g/mol. The van der Waals surface area contributed by atoms with Gasteiger partial charge in [-0.1, -0.05) is 17.7 Å². The van der Waals surface area contributed by atoms with Crippen LogP contribution in [0, 0.1) is 5.82 Å². The average Bonchev–Trinajstić information content (AvgIpc) is 2.22. The Labute approximate surface area is 107 Å². The molecule has 1 fully saturated rings. The van der Waals surface area contributed by atoms with Crippen molar-refractivity contribution in [2.75, 3.05) is 13.1 Å². The summed E-state index contributed by atoms with van der Waals surface area (Å²) in [7, 11) is 0. The van der Waals surface area contributed by atoms with Gasteiger partial charge in [0.15, 0.2) is 0 Å². The second-order valence-electron chi connectivity index (χ2n) is 4.91. The zero-order chi connectivity index (χ0) is 12.4. The standard InChI is InChI=1S/C13H18ClFN2/c1-9-6-17(7-10(2)16-9)8-11-3-4-13(15)12(14)5-11/h3-5,9-10,16H,6-8H2,1-2H3. The minimum atomic E-state index is -0.350. The van der Waals surface area contributed by atoms with Gasteiger partial charge in [-0.15, -0.1) is 0 Å². The van der Waals surface area contributed by atoms with Crippen molar-refractivity contribution < 1.29 is 4.39 Å². The first-order valence-electron chi connectivity index (χ1n) is 5.97. The SMILES string of the molecule is CC1CN(Cc2ccc(F)c(Cl)c2)CC(C)N1. The van der Waals surface area contributed by atoms with Crippen LogP contribution < -0.4 is 5.32 Å². The van der Waals surface area contributed by atoms with Crippen molar-refractivity contribution in [3.8, 4) is 0 Å². The van der Waals surface area contributed by atoms with Gasteiger partial charge in [-0.25, -0.2) is 4.39 Å². The van der Waals surface area contributed by atoms with Crippen molar-refractivity contribution in [3.63, 3.8) is 0 Å². The Bertz CT molecular complexity index is 387. The molecule has 0 bridgehead atoms. The Hall–Kier alpha value is -0.640. The molecule has 1 aliphatic rings. The number of hydrogen-bond donors (Lipinski definition) is 1. The first-order valence-corrected chi connectivity index (χ1v) is 6.34. The second-order valence-corrected chi connectivity index (χ2v) is 5.32. The Balaban J connectivity index is 2.02. The number of nitrogens with zero attached hydrogens (tertiary/aromatic N) is 1. The van der Waals surface area contributed by atoms with Crippen LogP contribution in [-0.2, 0) is 6.54 Å². The Morgan fingerprint density at radius 2 is 2.00 bits per heavy atom. The van der Waals surface area contributed by atoms with Crippen LogP contribution in [0.15, 0.2) is 18.2 Å². The molecule has 2 unspecified atom stereocenters. The molecule has 0 amide bonds. The summed E-state index contributed by atoms with van der Waals surface area (Å²) in [5.74, 6) is -0.350. The van der Waals surface area contributed by atoms with Crippen LogP contribution in [0.3, 0.4) is 0 Å². The van der Waals surface area contributed by atoms with Gasteiger partial charge in [0, 0.05) is 31.7 Å². The molecule has 1 heterocycles. The summed E-state index contributed by atoms with van der Waals surface area (Å²) in [4.78, 5) is 2.37. The maximum atomic E-state index is 13.0. The highest BCUT2D eigenvalue weighted by Gasteiger charge is 2.20. The minimum absolute atomic E-state index is 0.207. The first kappa shape index (κ1) is 12.8. The molecule has 0 aliphatic carbocycles. The smallest absolute Gasteiger partial charge is 0.141 e. The number of nitrogens with one attached hydrogen (secondary N) is 1. The summed E-state index contributed by atoms with van der Waals surface area (Å²) in [5.41, 5.74) is 1.07. The Kier molecular flexibility index (Phi) is 4.02. The highest BCUT2D eigenvalue weighted by molar-refractivity contribution is 6.30.